The number of hydrogen-bond donors (Lipinski definition) is 4. The SMILES string of the molecule is CCCCCCCCCCCCC(OC(=O)c1cc(C(=O)O)ccc1C(=O)O)(C1CC(C)(C)NC(C)(C)C1)C1CC(C)(C)NC(C)(C)C1. The first-order valence-electron chi connectivity index (χ1n) is 18.6. The molecule has 0 spiro atoms. The average molecular weight is 671 g/mol. The fourth-order valence-electron chi connectivity index (χ4n) is 9.44. The van der Waals surface area contributed by atoms with Crippen molar-refractivity contribution in [3.63, 3.8) is 0 Å². The van der Waals surface area contributed by atoms with E-state index < -0.39 is 23.5 Å². The lowest BCUT2D eigenvalue weighted by Gasteiger charge is -2.58. The predicted octanol–water partition coefficient (Wildman–Crippen LogP) is 9.40. The van der Waals surface area contributed by atoms with Crippen LogP contribution in [-0.4, -0.2) is 55.9 Å². The van der Waals surface area contributed by atoms with Gasteiger partial charge in [-0.2, -0.15) is 0 Å². The topological polar surface area (TPSA) is 125 Å². The fraction of sp³-hybridized carbons (Fsp3) is 0.775. The van der Waals surface area contributed by atoms with Crippen molar-refractivity contribution in [3.05, 3.63) is 34.9 Å². The van der Waals surface area contributed by atoms with Crippen molar-refractivity contribution < 1.29 is 29.3 Å². The molecule has 4 N–H and O–H groups in total. The third-order valence-corrected chi connectivity index (χ3v) is 10.7. The molecule has 2 heterocycles. The summed E-state index contributed by atoms with van der Waals surface area (Å²) in [6.45, 7) is 19.9. The molecule has 0 aliphatic carbocycles. The molecule has 2 fully saturated rings. The molecule has 8 heteroatoms. The zero-order valence-corrected chi connectivity index (χ0v) is 31.5. The molecule has 48 heavy (non-hydrogen) atoms. The van der Waals surface area contributed by atoms with Crippen LogP contribution in [0.3, 0.4) is 0 Å². The van der Waals surface area contributed by atoms with Gasteiger partial charge in [0, 0.05) is 34.0 Å². The lowest BCUT2D eigenvalue weighted by Crippen LogP contribution is -2.67. The Hall–Kier alpha value is -2.45. The van der Waals surface area contributed by atoms with E-state index in [-0.39, 0.29) is 50.7 Å². The van der Waals surface area contributed by atoms with Crippen molar-refractivity contribution >= 4 is 17.9 Å². The molecule has 8 nitrogen and oxygen atoms in total. The predicted molar refractivity (Wildman–Crippen MR) is 193 cm³/mol. The fourth-order valence-corrected chi connectivity index (χ4v) is 9.44. The second-order valence-electron chi connectivity index (χ2n) is 17.6. The van der Waals surface area contributed by atoms with Gasteiger partial charge in [-0.15, -0.1) is 0 Å². The van der Waals surface area contributed by atoms with Crippen LogP contribution in [0.15, 0.2) is 18.2 Å². The number of unbranched alkanes of at least 4 members (excludes halogenated alkanes) is 9. The van der Waals surface area contributed by atoms with Crippen LogP contribution in [0.4, 0.5) is 0 Å². The van der Waals surface area contributed by atoms with Crippen LogP contribution in [0.25, 0.3) is 0 Å². The summed E-state index contributed by atoms with van der Waals surface area (Å²) in [4.78, 5) is 38.7. The molecule has 0 radical (unpaired) electrons. The molecule has 272 valence electrons. The number of hydrogen-bond acceptors (Lipinski definition) is 6. The van der Waals surface area contributed by atoms with Crippen molar-refractivity contribution in [2.45, 2.75) is 186 Å². The van der Waals surface area contributed by atoms with Crippen LogP contribution in [0, 0.1) is 11.8 Å². The minimum Gasteiger partial charge on any atom is -0.478 e. The maximum atomic E-state index is 14.5. The van der Waals surface area contributed by atoms with Gasteiger partial charge in [0.15, 0.2) is 0 Å². The summed E-state index contributed by atoms with van der Waals surface area (Å²) in [6, 6.07) is 3.61. The largest absolute Gasteiger partial charge is 0.478 e. The minimum atomic E-state index is -1.28. The van der Waals surface area contributed by atoms with Crippen molar-refractivity contribution in [3.8, 4) is 0 Å². The molecule has 0 saturated carbocycles. The Kier molecular flexibility index (Phi) is 13.4. The molecule has 0 aromatic heterocycles. The van der Waals surface area contributed by atoms with E-state index in [0.29, 0.717) is 6.42 Å². The first-order valence-corrected chi connectivity index (χ1v) is 18.6. The summed E-state index contributed by atoms with van der Waals surface area (Å²) < 4.78 is 6.93. The summed E-state index contributed by atoms with van der Waals surface area (Å²) in [5, 5.41) is 27.4. The van der Waals surface area contributed by atoms with Crippen LogP contribution in [-0.2, 0) is 4.74 Å². The van der Waals surface area contributed by atoms with Gasteiger partial charge in [0.2, 0.25) is 0 Å². The van der Waals surface area contributed by atoms with Crippen LogP contribution >= 0.6 is 0 Å². The average Bonchev–Trinajstić information content (AvgIpc) is 2.93. The molecule has 0 bridgehead atoms. The number of benzene rings is 1. The molecule has 0 amide bonds. The van der Waals surface area contributed by atoms with E-state index in [0.717, 1.165) is 44.9 Å². The lowest BCUT2D eigenvalue weighted by molar-refractivity contribution is -0.139. The number of carboxylic acid groups (broad SMARTS) is 2. The smallest absolute Gasteiger partial charge is 0.339 e. The molecule has 0 atom stereocenters. The highest BCUT2D eigenvalue weighted by atomic mass is 16.6. The number of carbonyl (C=O) groups excluding carboxylic acids is 1. The number of aromatic carboxylic acids is 2. The zero-order valence-electron chi connectivity index (χ0n) is 31.5. The Bertz CT molecular complexity index is 1200. The Labute approximate surface area is 290 Å². The second kappa shape index (κ2) is 16.1. The molecule has 2 saturated heterocycles. The van der Waals surface area contributed by atoms with Crippen LogP contribution < -0.4 is 10.6 Å². The molecule has 3 rings (SSSR count). The van der Waals surface area contributed by atoms with Crippen LogP contribution in [0.5, 0.6) is 0 Å². The van der Waals surface area contributed by atoms with Gasteiger partial charge < -0.3 is 25.6 Å². The van der Waals surface area contributed by atoms with E-state index in [1.165, 1.54) is 63.1 Å². The summed E-state index contributed by atoms with van der Waals surface area (Å²) >= 11 is 0. The standard InChI is InChI=1S/C40H66N2O6/c1-10-11-12-13-14-15-16-17-18-19-22-40(29-24-36(2,3)41-37(4,5)25-29,30-26-38(6,7)42-39(8,9)27-30)48-35(47)32-23-28(33(43)44)20-21-31(32)34(45)46/h20-21,23,29-30,41-42H,10-19,22,24-27H2,1-9H3,(H,43,44)(H,45,46). The van der Waals surface area contributed by atoms with Crippen molar-refractivity contribution in [2.24, 2.45) is 11.8 Å². The van der Waals surface area contributed by atoms with Gasteiger partial charge in [-0.25, -0.2) is 14.4 Å². The summed E-state index contributed by atoms with van der Waals surface area (Å²) in [7, 11) is 0. The third-order valence-electron chi connectivity index (χ3n) is 10.7. The Balaban J connectivity index is 2.07. The molecule has 2 aliphatic heterocycles. The van der Waals surface area contributed by atoms with Crippen molar-refractivity contribution in [1.29, 1.82) is 0 Å². The summed E-state index contributed by atoms with van der Waals surface area (Å²) in [5.74, 6) is -3.23. The van der Waals surface area contributed by atoms with Crippen LogP contribution in [0.2, 0.25) is 0 Å². The maximum Gasteiger partial charge on any atom is 0.339 e. The molecule has 1 aromatic carbocycles. The maximum absolute atomic E-state index is 14.5. The molecule has 1 aromatic rings. The first kappa shape index (κ1) is 40.0. The number of carbonyl (C=O) groups is 3. The Morgan fingerprint density at radius 2 is 1.08 bits per heavy atom. The first-order chi connectivity index (χ1) is 22.2. The van der Waals surface area contributed by atoms with Crippen molar-refractivity contribution in [1.82, 2.24) is 10.6 Å². The highest BCUT2D eigenvalue weighted by molar-refractivity contribution is 6.04. The Morgan fingerprint density at radius 3 is 1.48 bits per heavy atom. The van der Waals surface area contributed by atoms with Crippen molar-refractivity contribution in [2.75, 3.05) is 0 Å². The van der Waals surface area contributed by atoms with Gasteiger partial charge in [-0.3, -0.25) is 0 Å². The third kappa shape index (κ3) is 11.0. The van der Waals surface area contributed by atoms with E-state index in [9.17, 15) is 24.6 Å². The lowest BCUT2D eigenvalue weighted by atomic mass is 9.58. The Morgan fingerprint density at radius 1 is 0.667 bits per heavy atom. The zero-order chi connectivity index (χ0) is 36.0. The quantitative estimate of drug-likeness (QED) is 0.0954. The van der Waals surface area contributed by atoms with E-state index in [4.69, 9.17) is 4.74 Å². The van der Waals surface area contributed by atoms with E-state index in [1.807, 2.05) is 0 Å². The van der Waals surface area contributed by atoms with E-state index >= 15 is 0 Å². The van der Waals surface area contributed by atoms with Gasteiger partial charge in [-0.05, 0) is 112 Å². The molecule has 2 aliphatic rings. The normalized spacial score (nSPS) is 20.7. The van der Waals surface area contributed by atoms with E-state index in [2.05, 4.69) is 72.9 Å². The monoisotopic (exact) mass is 670 g/mol. The van der Waals surface area contributed by atoms with Crippen LogP contribution in [0.1, 0.15) is 190 Å². The number of carboxylic acids is 2. The summed E-state index contributed by atoms with van der Waals surface area (Å²) in [6.07, 6.45) is 15.9. The minimum absolute atomic E-state index is 0.0110. The number of esters is 1. The van der Waals surface area contributed by atoms with Gasteiger partial charge in [-0.1, -0.05) is 64.7 Å². The second-order valence-corrected chi connectivity index (χ2v) is 17.6. The molecular weight excluding hydrogens is 604 g/mol. The van der Waals surface area contributed by atoms with Gasteiger partial charge in [0.25, 0.3) is 0 Å². The van der Waals surface area contributed by atoms with E-state index in [1.54, 1.807) is 0 Å². The number of rotatable bonds is 17. The summed E-state index contributed by atoms with van der Waals surface area (Å²) in [5.41, 5.74) is -2.31. The number of nitrogens with one attached hydrogen (secondary N) is 2. The van der Waals surface area contributed by atoms with Gasteiger partial charge in [0.05, 0.1) is 16.7 Å². The highest BCUT2D eigenvalue weighted by Crippen LogP contribution is 2.52. The molecular formula is C40H66N2O6. The number of ether oxygens (including phenoxy) is 1. The van der Waals surface area contributed by atoms with Gasteiger partial charge in [0.1, 0.15) is 5.60 Å². The number of piperidine rings is 2. The highest BCUT2D eigenvalue weighted by Gasteiger charge is 2.57. The molecule has 0 unspecified atom stereocenters. The van der Waals surface area contributed by atoms with Gasteiger partial charge >= 0.3 is 17.9 Å².